The smallest absolute Gasteiger partial charge is 0.223 e. The Kier molecular flexibility index (Phi) is 2.57. The second kappa shape index (κ2) is 3.69. The summed E-state index contributed by atoms with van der Waals surface area (Å²) in [6, 6.07) is 3.66. The van der Waals surface area contributed by atoms with Gasteiger partial charge in [-0.3, -0.25) is 4.79 Å². The topological polar surface area (TPSA) is 30.0 Å². The summed E-state index contributed by atoms with van der Waals surface area (Å²) in [6.07, 6.45) is 0. The second-order valence-corrected chi connectivity index (χ2v) is 5.40. The summed E-state index contributed by atoms with van der Waals surface area (Å²) >= 11 is 6.14. The van der Waals surface area contributed by atoms with Crippen LogP contribution in [0.3, 0.4) is 0 Å². The summed E-state index contributed by atoms with van der Waals surface area (Å²) in [6.45, 7) is 0. The van der Waals surface area contributed by atoms with Crippen molar-refractivity contribution in [2.45, 2.75) is 0 Å². The van der Waals surface area contributed by atoms with Crippen LogP contribution in [0.15, 0.2) is 26.8 Å². The first-order valence-electron chi connectivity index (χ1n) is 3.46. The molecule has 0 amide bonds. The highest BCUT2D eigenvalue weighted by molar-refractivity contribution is 9.11. The number of carbonyl (C=O) groups is 1. The lowest BCUT2D eigenvalue weighted by molar-refractivity contribution is 0.103. The van der Waals surface area contributed by atoms with E-state index in [1.807, 2.05) is 11.4 Å². The Bertz CT molecular complexity index is 421. The molecule has 0 atom stereocenters. The Morgan fingerprint density at radius 1 is 1.46 bits per heavy atom. The maximum atomic E-state index is 11.7. The lowest BCUT2D eigenvalue weighted by Gasteiger charge is -1.91. The van der Waals surface area contributed by atoms with Crippen LogP contribution in [-0.2, 0) is 0 Å². The summed E-state index contributed by atoms with van der Waals surface area (Å²) in [5.74, 6) is -0.0110. The van der Waals surface area contributed by atoms with E-state index < -0.39 is 0 Å². The molecule has 0 spiro atoms. The van der Waals surface area contributed by atoms with Crippen LogP contribution in [-0.4, -0.2) is 10.8 Å². The van der Waals surface area contributed by atoms with Crippen LogP contribution in [0.2, 0.25) is 0 Å². The summed E-state index contributed by atoms with van der Waals surface area (Å²) in [7, 11) is 0. The standard InChI is InChI=1S/C8H4BrNOS2/c9-8-6(10-4-13-8)7(11)5-2-1-3-12-5/h1-4H. The van der Waals surface area contributed by atoms with Crippen molar-refractivity contribution < 1.29 is 4.79 Å². The normalized spacial score (nSPS) is 10.2. The van der Waals surface area contributed by atoms with Crippen LogP contribution >= 0.6 is 38.6 Å². The number of rotatable bonds is 2. The van der Waals surface area contributed by atoms with E-state index in [4.69, 9.17) is 0 Å². The van der Waals surface area contributed by atoms with Gasteiger partial charge in [0.2, 0.25) is 5.78 Å². The largest absolute Gasteiger partial charge is 0.286 e. The highest BCUT2D eigenvalue weighted by Crippen LogP contribution is 2.24. The molecule has 5 heteroatoms. The number of nitrogens with zero attached hydrogens (tertiary/aromatic N) is 1. The van der Waals surface area contributed by atoms with Crippen molar-refractivity contribution in [2.24, 2.45) is 0 Å². The molecule has 0 N–H and O–H groups in total. The maximum absolute atomic E-state index is 11.7. The molecule has 13 heavy (non-hydrogen) atoms. The molecule has 0 bridgehead atoms. The first-order valence-corrected chi connectivity index (χ1v) is 6.01. The molecule has 2 rings (SSSR count). The van der Waals surface area contributed by atoms with Crippen LogP contribution in [0.4, 0.5) is 0 Å². The van der Waals surface area contributed by atoms with Gasteiger partial charge in [-0.25, -0.2) is 4.98 Å². The van der Waals surface area contributed by atoms with Crippen LogP contribution < -0.4 is 0 Å². The Morgan fingerprint density at radius 3 is 2.85 bits per heavy atom. The third kappa shape index (κ3) is 1.72. The quantitative estimate of drug-likeness (QED) is 0.787. The minimum atomic E-state index is -0.0110. The molecular weight excluding hydrogens is 270 g/mol. The first kappa shape index (κ1) is 9.05. The molecule has 0 radical (unpaired) electrons. The fourth-order valence-corrected chi connectivity index (χ4v) is 2.61. The predicted octanol–water partition coefficient (Wildman–Crippen LogP) is 3.20. The Balaban J connectivity index is 2.39. The zero-order chi connectivity index (χ0) is 9.26. The molecular formula is C8H4BrNOS2. The van der Waals surface area contributed by atoms with Gasteiger partial charge < -0.3 is 0 Å². The van der Waals surface area contributed by atoms with Gasteiger partial charge in [0.1, 0.15) is 9.48 Å². The van der Waals surface area contributed by atoms with Crippen molar-refractivity contribution >= 4 is 44.4 Å². The van der Waals surface area contributed by atoms with Crippen LogP contribution in [0.1, 0.15) is 15.4 Å². The van der Waals surface area contributed by atoms with E-state index in [-0.39, 0.29) is 5.78 Å². The molecule has 0 aliphatic heterocycles. The van der Waals surface area contributed by atoms with E-state index in [9.17, 15) is 4.79 Å². The van der Waals surface area contributed by atoms with Gasteiger partial charge in [0.25, 0.3) is 0 Å². The number of ketones is 1. The van der Waals surface area contributed by atoms with Crippen molar-refractivity contribution in [1.29, 1.82) is 0 Å². The van der Waals surface area contributed by atoms with Gasteiger partial charge in [-0.15, -0.1) is 22.7 Å². The van der Waals surface area contributed by atoms with Crippen molar-refractivity contribution in [3.63, 3.8) is 0 Å². The fourth-order valence-electron chi connectivity index (χ4n) is 0.904. The molecule has 0 saturated heterocycles. The van der Waals surface area contributed by atoms with Crippen molar-refractivity contribution in [3.8, 4) is 0 Å². The Labute approximate surface area is 91.4 Å². The number of thiazole rings is 1. The Hall–Kier alpha value is -0.520. The number of hydrogen-bond donors (Lipinski definition) is 0. The van der Waals surface area contributed by atoms with Gasteiger partial charge in [-0.05, 0) is 27.4 Å². The molecule has 66 valence electrons. The van der Waals surface area contributed by atoms with E-state index in [1.54, 1.807) is 11.6 Å². The summed E-state index contributed by atoms with van der Waals surface area (Å²) < 4.78 is 0.797. The minimum absolute atomic E-state index is 0.0110. The average Bonchev–Trinajstić information content (AvgIpc) is 2.72. The van der Waals surface area contributed by atoms with Crippen LogP contribution in [0.25, 0.3) is 0 Å². The van der Waals surface area contributed by atoms with Crippen LogP contribution in [0.5, 0.6) is 0 Å². The molecule has 0 aliphatic carbocycles. The van der Waals surface area contributed by atoms with Crippen LogP contribution in [0, 0.1) is 0 Å². The molecule has 0 fully saturated rings. The first-order chi connectivity index (χ1) is 6.29. The highest BCUT2D eigenvalue weighted by atomic mass is 79.9. The van der Waals surface area contributed by atoms with E-state index in [0.717, 1.165) is 8.66 Å². The molecule has 0 aliphatic rings. The summed E-state index contributed by atoms with van der Waals surface area (Å²) in [5.41, 5.74) is 2.16. The van der Waals surface area contributed by atoms with E-state index in [1.165, 1.54) is 22.7 Å². The molecule has 2 nitrogen and oxygen atoms in total. The maximum Gasteiger partial charge on any atom is 0.223 e. The number of thiophene rings is 1. The fraction of sp³-hybridized carbons (Fsp3) is 0. The summed E-state index contributed by atoms with van der Waals surface area (Å²) in [5, 5.41) is 1.88. The third-order valence-corrected chi connectivity index (χ3v) is 3.90. The highest BCUT2D eigenvalue weighted by Gasteiger charge is 2.15. The summed E-state index contributed by atoms with van der Waals surface area (Å²) in [4.78, 5) is 16.4. The third-order valence-electron chi connectivity index (χ3n) is 1.48. The minimum Gasteiger partial charge on any atom is -0.286 e. The van der Waals surface area contributed by atoms with Gasteiger partial charge in [-0.2, -0.15) is 0 Å². The van der Waals surface area contributed by atoms with Gasteiger partial charge in [0.05, 0.1) is 10.4 Å². The van der Waals surface area contributed by atoms with E-state index in [2.05, 4.69) is 20.9 Å². The number of hydrogen-bond acceptors (Lipinski definition) is 4. The molecule has 2 aromatic rings. The molecule has 0 unspecified atom stereocenters. The lowest BCUT2D eigenvalue weighted by Crippen LogP contribution is -1.99. The monoisotopic (exact) mass is 273 g/mol. The molecule has 0 saturated carbocycles. The average molecular weight is 274 g/mol. The number of aromatic nitrogens is 1. The zero-order valence-corrected chi connectivity index (χ0v) is 9.58. The van der Waals surface area contributed by atoms with E-state index in [0.29, 0.717) is 5.69 Å². The predicted molar refractivity (Wildman–Crippen MR) is 57.6 cm³/mol. The van der Waals surface area contributed by atoms with Crippen molar-refractivity contribution in [1.82, 2.24) is 4.98 Å². The molecule has 2 aromatic heterocycles. The Morgan fingerprint density at radius 2 is 2.31 bits per heavy atom. The zero-order valence-electron chi connectivity index (χ0n) is 6.36. The van der Waals surface area contributed by atoms with Gasteiger partial charge >= 0.3 is 0 Å². The number of carbonyl (C=O) groups excluding carboxylic acids is 1. The van der Waals surface area contributed by atoms with E-state index >= 15 is 0 Å². The van der Waals surface area contributed by atoms with Crippen molar-refractivity contribution in [2.75, 3.05) is 0 Å². The van der Waals surface area contributed by atoms with Crippen molar-refractivity contribution in [3.05, 3.63) is 37.4 Å². The SMILES string of the molecule is O=C(c1cccs1)c1ncsc1Br. The number of halogens is 1. The lowest BCUT2D eigenvalue weighted by atomic mass is 10.3. The molecule has 0 aromatic carbocycles. The van der Waals surface area contributed by atoms with Gasteiger partial charge in [0, 0.05) is 0 Å². The van der Waals surface area contributed by atoms with Gasteiger partial charge in [-0.1, -0.05) is 6.07 Å². The second-order valence-electron chi connectivity index (χ2n) is 2.28. The van der Waals surface area contributed by atoms with Gasteiger partial charge in [0.15, 0.2) is 0 Å². The molecule has 2 heterocycles.